The van der Waals surface area contributed by atoms with E-state index in [0.717, 1.165) is 35.4 Å². The number of nitrogens with one attached hydrogen (secondary N) is 2. The van der Waals surface area contributed by atoms with Crippen LogP contribution in [0.15, 0.2) is 66.0 Å². The van der Waals surface area contributed by atoms with Crippen molar-refractivity contribution in [2.75, 3.05) is 17.2 Å². The summed E-state index contributed by atoms with van der Waals surface area (Å²) in [5.74, 6) is 1.34. The van der Waals surface area contributed by atoms with Crippen molar-refractivity contribution >= 4 is 51.3 Å². The third kappa shape index (κ3) is 3.79. The number of thiophene rings is 1. The van der Waals surface area contributed by atoms with Crippen LogP contribution in [0.2, 0.25) is 5.02 Å². The van der Waals surface area contributed by atoms with Gasteiger partial charge < -0.3 is 10.6 Å². The predicted octanol–water partition coefficient (Wildman–Crippen LogP) is 5.74. The Morgan fingerprint density at radius 3 is 2.62 bits per heavy atom. The van der Waals surface area contributed by atoms with Gasteiger partial charge in [0, 0.05) is 16.8 Å². The van der Waals surface area contributed by atoms with Gasteiger partial charge in [0.15, 0.2) is 0 Å². The summed E-state index contributed by atoms with van der Waals surface area (Å²) < 4.78 is 0. The van der Waals surface area contributed by atoms with Crippen LogP contribution in [0.25, 0.3) is 10.9 Å². The van der Waals surface area contributed by atoms with E-state index in [2.05, 4.69) is 38.1 Å². The van der Waals surface area contributed by atoms with Crippen molar-refractivity contribution in [3.8, 4) is 0 Å². The van der Waals surface area contributed by atoms with Crippen molar-refractivity contribution in [2.45, 2.75) is 6.42 Å². The second-order valence-corrected chi connectivity index (χ2v) is 7.21. The predicted molar refractivity (Wildman–Crippen MR) is 111 cm³/mol. The molecule has 0 aliphatic rings. The molecule has 2 aromatic heterocycles. The maximum Gasteiger partial charge on any atom is 0.229 e. The highest BCUT2D eigenvalue weighted by molar-refractivity contribution is 7.09. The standard InChI is InChI=1S/C20H17ClN4S/c21-16-8-2-4-10-18(16)24-20-23-17-9-3-1-7-15(17)19(25-20)22-12-11-14-6-5-13-26-14/h1-10,13H,11-12H2,(H2,22,23,24,25). The van der Waals surface area contributed by atoms with Crippen molar-refractivity contribution in [1.29, 1.82) is 0 Å². The Balaban J connectivity index is 1.61. The van der Waals surface area contributed by atoms with Crippen molar-refractivity contribution < 1.29 is 0 Å². The molecular formula is C20H17ClN4S. The van der Waals surface area contributed by atoms with Gasteiger partial charge in [-0.05, 0) is 42.1 Å². The molecule has 0 amide bonds. The lowest BCUT2D eigenvalue weighted by Gasteiger charge is -2.12. The first-order chi connectivity index (χ1) is 12.8. The molecule has 130 valence electrons. The maximum absolute atomic E-state index is 6.24. The number of benzene rings is 2. The molecule has 0 saturated heterocycles. The Morgan fingerprint density at radius 2 is 1.77 bits per heavy atom. The molecule has 26 heavy (non-hydrogen) atoms. The smallest absolute Gasteiger partial charge is 0.229 e. The topological polar surface area (TPSA) is 49.8 Å². The van der Waals surface area contributed by atoms with Gasteiger partial charge in [0.25, 0.3) is 0 Å². The summed E-state index contributed by atoms with van der Waals surface area (Å²) in [5, 5.41) is 10.4. The number of rotatable bonds is 6. The van der Waals surface area contributed by atoms with Crippen LogP contribution in [-0.4, -0.2) is 16.5 Å². The van der Waals surface area contributed by atoms with E-state index < -0.39 is 0 Å². The van der Waals surface area contributed by atoms with E-state index in [4.69, 9.17) is 11.6 Å². The zero-order chi connectivity index (χ0) is 17.8. The van der Waals surface area contributed by atoms with E-state index in [1.807, 2.05) is 48.5 Å². The van der Waals surface area contributed by atoms with Gasteiger partial charge in [0.1, 0.15) is 5.82 Å². The summed E-state index contributed by atoms with van der Waals surface area (Å²) in [4.78, 5) is 10.6. The van der Waals surface area contributed by atoms with E-state index >= 15 is 0 Å². The van der Waals surface area contributed by atoms with Crippen LogP contribution in [0.5, 0.6) is 0 Å². The summed E-state index contributed by atoms with van der Waals surface area (Å²) >= 11 is 8.01. The Bertz CT molecular complexity index is 1020. The second-order valence-electron chi connectivity index (χ2n) is 5.77. The molecule has 0 bridgehead atoms. The molecule has 2 aromatic carbocycles. The quantitative estimate of drug-likeness (QED) is 0.447. The van der Waals surface area contributed by atoms with Gasteiger partial charge in [-0.2, -0.15) is 4.98 Å². The zero-order valence-electron chi connectivity index (χ0n) is 13.9. The Morgan fingerprint density at radius 1 is 0.923 bits per heavy atom. The minimum absolute atomic E-state index is 0.524. The van der Waals surface area contributed by atoms with Crippen LogP contribution < -0.4 is 10.6 Å². The molecule has 0 radical (unpaired) electrons. The molecule has 4 rings (SSSR count). The van der Waals surface area contributed by atoms with Crippen molar-refractivity contribution in [3.05, 3.63) is 75.9 Å². The summed E-state index contributed by atoms with van der Waals surface area (Å²) in [6, 6.07) is 19.8. The van der Waals surface area contributed by atoms with Crippen LogP contribution in [0.1, 0.15) is 4.88 Å². The zero-order valence-corrected chi connectivity index (χ0v) is 15.5. The summed E-state index contributed by atoms with van der Waals surface area (Å²) in [5.41, 5.74) is 1.67. The minimum atomic E-state index is 0.524. The summed E-state index contributed by atoms with van der Waals surface area (Å²) in [6.45, 7) is 0.813. The van der Waals surface area contributed by atoms with Crippen LogP contribution in [0.3, 0.4) is 0 Å². The second kappa shape index (κ2) is 7.72. The molecular weight excluding hydrogens is 364 g/mol. The molecule has 0 aliphatic carbocycles. The first-order valence-electron chi connectivity index (χ1n) is 8.34. The van der Waals surface area contributed by atoms with Gasteiger partial charge >= 0.3 is 0 Å². The number of halogens is 1. The SMILES string of the molecule is Clc1ccccc1Nc1nc(NCCc2cccs2)c2ccccc2n1. The van der Waals surface area contributed by atoms with Crippen molar-refractivity contribution in [2.24, 2.45) is 0 Å². The number of fused-ring (bicyclic) bond motifs is 1. The first kappa shape index (κ1) is 16.8. The molecule has 0 saturated carbocycles. The fraction of sp³-hybridized carbons (Fsp3) is 0.100. The summed E-state index contributed by atoms with van der Waals surface area (Å²) in [6.07, 6.45) is 0.962. The molecule has 4 nitrogen and oxygen atoms in total. The Kier molecular flexibility index (Phi) is 5.00. The number of nitrogens with zero attached hydrogens (tertiary/aromatic N) is 2. The molecule has 4 aromatic rings. The fourth-order valence-electron chi connectivity index (χ4n) is 2.71. The number of aromatic nitrogens is 2. The number of hydrogen-bond donors (Lipinski definition) is 2. The number of para-hydroxylation sites is 2. The summed E-state index contributed by atoms with van der Waals surface area (Å²) in [7, 11) is 0. The molecule has 2 N–H and O–H groups in total. The largest absolute Gasteiger partial charge is 0.369 e. The lowest BCUT2D eigenvalue weighted by Crippen LogP contribution is -2.08. The van der Waals surface area contributed by atoms with Crippen molar-refractivity contribution in [1.82, 2.24) is 9.97 Å². The Hall–Kier alpha value is -2.63. The molecule has 0 spiro atoms. The number of hydrogen-bond acceptors (Lipinski definition) is 5. The highest BCUT2D eigenvalue weighted by Crippen LogP contribution is 2.27. The average Bonchev–Trinajstić information content (AvgIpc) is 3.17. The van der Waals surface area contributed by atoms with Gasteiger partial charge in [-0.25, -0.2) is 4.98 Å². The van der Waals surface area contributed by atoms with Gasteiger partial charge in [-0.1, -0.05) is 41.9 Å². The van der Waals surface area contributed by atoms with Gasteiger partial charge in [-0.15, -0.1) is 11.3 Å². The van der Waals surface area contributed by atoms with E-state index in [-0.39, 0.29) is 0 Å². The third-order valence-electron chi connectivity index (χ3n) is 3.97. The van der Waals surface area contributed by atoms with Crippen molar-refractivity contribution in [3.63, 3.8) is 0 Å². The molecule has 0 fully saturated rings. The van der Waals surface area contributed by atoms with Crippen LogP contribution in [-0.2, 0) is 6.42 Å². The highest BCUT2D eigenvalue weighted by Gasteiger charge is 2.09. The molecule has 0 atom stereocenters. The monoisotopic (exact) mass is 380 g/mol. The van der Waals surface area contributed by atoms with Crippen LogP contribution in [0.4, 0.5) is 17.5 Å². The fourth-order valence-corrected chi connectivity index (χ4v) is 3.60. The maximum atomic E-state index is 6.24. The normalized spacial score (nSPS) is 10.8. The van der Waals surface area contributed by atoms with Gasteiger partial charge in [-0.3, -0.25) is 0 Å². The molecule has 0 unspecified atom stereocenters. The molecule has 0 aliphatic heterocycles. The molecule has 6 heteroatoms. The highest BCUT2D eigenvalue weighted by atomic mass is 35.5. The van der Waals surface area contributed by atoms with E-state index in [1.165, 1.54) is 4.88 Å². The lowest BCUT2D eigenvalue weighted by molar-refractivity contribution is 1.03. The van der Waals surface area contributed by atoms with E-state index in [9.17, 15) is 0 Å². The third-order valence-corrected chi connectivity index (χ3v) is 5.23. The Labute approximate surface area is 160 Å². The van der Waals surface area contributed by atoms with E-state index in [0.29, 0.717) is 11.0 Å². The number of anilines is 3. The minimum Gasteiger partial charge on any atom is -0.369 e. The van der Waals surface area contributed by atoms with Gasteiger partial charge in [0.05, 0.1) is 16.2 Å². The molecule has 2 heterocycles. The van der Waals surface area contributed by atoms with Crippen LogP contribution >= 0.6 is 22.9 Å². The van der Waals surface area contributed by atoms with E-state index in [1.54, 1.807) is 11.3 Å². The van der Waals surface area contributed by atoms with Gasteiger partial charge in [0.2, 0.25) is 5.95 Å². The van der Waals surface area contributed by atoms with Crippen LogP contribution in [0, 0.1) is 0 Å². The average molecular weight is 381 g/mol. The first-order valence-corrected chi connectivity index (χ1v) is 9.60. The lowest BCUT2D eigenvalue weighted by atomic mass is 10.2.